The molecule has 2 nitrogen and oxygen atoms in total. The topological polar surface area (TPSA) is 21.3 Å². The highest BCUT2D eigenvalue weighted by Gasteiger charge is 2.10. The van der Waals surface area contributed by atoms with Gasteiger partial charge >= 0.3 is 0 Å². The van der Waals surface area contributed by atoms with Gasteiger partial charge in [-0.2, -0.15) is 0 Å². The van der Waals surface area contributed by atoms with Gasteiger partial charge in [-0.3, -0.25) is 0 Å². The van der Waals surface area contributed by atoms with Crippen molar-refractivity contribution in [3.8, 4) is 5.75 Å². The van der Waals surface area contributed by atoms with Crippen molar-refractivity contribution in [2.24, 2.45) is 0 Å². The van der Waals surface area contributed by atoms with Gasteiger partial charge in [-0.05, 0) is 31.2 Å². The summed E-state index contributed by atoms with van der Waals surface area (Å²) in [6.07, 6.45) is 0. The lowest BCUT2D eigenvalue weighted by Gasteiger charge is -2.18. The highest BCUT2D eigenvalue weighted by Crippen LogP contribution is 2.27. The normalized spacial score (nSPS) is 11.9. The van der Waals surface area contributed by atoms with E-state index in [1.807, 2.05) is 37.3 Å². The first-order valence-electron chi connectivity index (χ1n) is 5.85. The van der Waals surface area contributed by atoms with E-state index >= 15 is 0 Å². The minimum Gasteiger partial charge on any atom is -0.496 e. The van der Waals surface area contributed by atoms with Crippen LogP contribution in [0.1, 0.15) is 18.5 Å². The molecule has 0 aliphatic carbocycles. The van der Waals surface area contributed by atoms with Crippen molar-refractivity contribution in [2.45, 2.75) is 13.0 Å². The third kappa shape index (κ3) is 2.80. The van der Waals surface area contributed by atoms with E-state index in [1.165, 1.54) is 12.1 Å². The number of para-hydroxylation sites is 1. The first-order valence-corrected chi connectivity index (χ1v) is 5.85. The van der Waals surface area contributed by atoms with Crippen LogP contribution in [-0.2, 0) is 0 Å². The van der Waals surface area contributed by atoms with Crippen LogP contribution in [0.3, 0.4) is 0 Å². The maximum Gasteiger partial charge on any atom is 0.125 e. The van der Waals surface area contributed by atoms with Gasteiger partial charge < -0.3 is 10.1 Å². The van der Waals surface area contributed by atoms with E-state index in [1.54, 1.807) is 13.2 Å². The molecular formula is C15H16FNO. The lowest BCUT2D eigenvalue weighted by molar-refractivity contribution is 0.408. The molecule has 1 N–H and O–H groups in total. The monoisotopic (exact) mass is 245 g/mol. The van der Waals surface area contributed by atoms with Crippen LogP contribution in [0.25, 0.3) is 0 Å². The molecule has 0 aliphatic rings. The number of ether oxygens (including phenoxy) is 1. The molecule has 0 saturated heterocycles. The van der Waals surface area contributed by atoms with Gasteiger partial charge in [0.2, 0.25) is 0 Å². The minimum atomic E-state index is -0.243. The predicted molar refractivity (Wildman–Crippen MR) is 71.4 cm³/mol. The van der Waals surface area contributed by atoms with Crippen LogP contribution >= 0.6 is 0 Å². The Labute approximate surface area is 106 Å². The summed E-state index contributed by atoms with van der Waals surface area (Å²) in [5.41, 5.74) is 1.80. The van der Waals surface area contributed by atoms with Crippen LogP contribution in [-0.4, -0.2) is 7.11 Å². The molecule has 0 bridgehead atoms. The van der Waals surface area contributed by atoms with Crippen LogP contribution in [0.4, 0.5) is 10.1 Å². The van der Waals surface area contributed by atoms with Gasteiger partial charge in [0.25, 0.3) is 0 Å². The molecule has 1 unspecified atom stereocenters. The predicted octanol–water partition coefficient (Wildman–Crippen LogP) is 4.01. The lowest BCUT2D eigenvalue weighted by atomic mass is 10.1. The number of rotatable bonds is 4. The zero-order chi connectivity index (χ0) is 13.0. The highest BCUT2D eigenvalue weighted by atomic mass is 19.1. The number of benzene rings is 2. The summed E-state index contributed by atoms with van der Waals surface area (Å²) < 4.78 is 18.4. The second-order valence-corrected chi connectivity index (χ2v) is 4.12. The van der Waals surface area contributed by atoms with E-state index in [-0.39, 0.29) is 11.9 Å². The van der Waals surface area contributed by atoms with Gasteiger partial charge in [-0.1, -0.05) is 24.3 Å². The summed E-state index contributed by atoms with van der Waals surface area (Å²) in [5.74, 6) is 0.584. The van der Waals surface area contributed by atoms with Gasteiger partial charge in [0.05, 0.1) is 13.2 Å². The standard InChI is InChI=1S/C15H16FNO/c1-11(14-8-3-4-9-15(14)18-2)17-13-7-5-6-12(16)10-13/h3-11,17H,1-2H3. The number of nitrogens with one attached hydrogen (secondary N) is 1. The van der Waals surface area contributed by atoms with Crippen molar-refractivity contribution >= 4 is 5.69 Å². The molecule has 0 amide bonds. The first-order chi connectivity index (χ1) is 8.70. The zero-order valence-corrected chi connectivity index (χ0v) is 10.5. The molecule has 3 heteroatoms. The fourth-order valence-corrected chi connectivity index (χ4v) is 1.93. The fraction of sp³-hybridized carbons (Fsp3) is 0.200. The summed E-state index contributed by atoms with van der Waals surface area (Å²) in [5, 5.41) is 3.25. The molecule has 0 aliphatic heterocycles. The smallest absolute Gasteiger partial charge is 0.125 e. The number of hydrogen-bond acceptors (Lipinski definition) is 2. The number of halogens is 1. The van der Waals surface area contributed by atoms with Gasteiger partial charge in [0, 0.05) is 11.3 Å². The van der Waals surface area contributed by atoms with Gasteiger partial charge in [-0.25, -0.2) is 4.39 Å². The Balaban J connectivity index is 2.19. The average molecular weight is 245 g/mol. The molecule has 0 aromatic heterocycles. The Kier molecular flexibility index (Phi) is 3.82. The van der Waals surface area contributed by atoms with E-state index in [9.17, 15) is 4.39 Å². The molecule has 2 aromatic carbocycles. The third-order valence-electron chi connectivity index (χ3n) is 2.81. The molecule has 0 spiro atoms. The van der Waals surface area contributed by atoms with Crippen molar-refractivity contribution < 1.29 is 9.13 Å². The molecule has 2 aromatic rings. The van der Waals surface area contributed by atoms with Crippen LogP contribution in [0.2, 0.25) is 0 Å². The molecule has 1 atom stereocenters. The summed E-state index contributed by atoms with van der Waals surface area (Å²) >= 11 is 0. The molecule has 2 rings (SSSR count). The highest BCUT2D eigenvalue weighted by molar-refractivity contribution is 5.47. The van der Waals surface area contributed by atoms with Gasteiger partial charge in [0.15, 0.2) is 0 Å². The van der Waals surface area contributed by atoms with Crippen molar-refractivity contribution in [3.05, 3.63) is 59.9 Å². The SMILES string of the molecule is COc1ccccc1C(C)Nc1cccc(F)c1. The molecule has 94 valence electrons. The molecule has 0 heterocycles. The summed E-state index contributed by atoms with van der Waals surface area (Å²) in [4.78, 5) is 0. The van der Waals surface area contributed by atoms with Crippen LogP contribution < -0.4 is 10.1 Å². The van der Waals surface area contributed by atoms with E-state index in [2.05, 4.69) is 5.32 Å². The Morgan fingerprint density at radius 2 is 1.89 bits per heavy atom. The Morgan fingerprint density at radius 3 is 2.61 bits per heavy atom. The third-order valence-corrected chi connectivity index (χ3v) is 2.81. The van der Waals surface area contributed by atoms with E-state index in [0.29, 0.717) is 0 Å². The quantitative estimate of drug-likeness (QED) is 0.878. The molecule has 0 saturated carbocycles. The van der Waals surface area contributed by atoms with Crippen LogP contribution in [0.5, 0.6) is 5.75 Å². The number of methoxy groups -OCH3 is 1. The molecule has 0 radical (unpaired) electrons. The fourth-order valence-electron chi connectivity index (χ4n) is 1.93. The minimum absolute atomic E-state index is 0.0444. The van der Waals surface area contributed by atoms with Crippen LogP contribution in [0, 0.1) is 5.82 Å². The lowest BCUT2D eigenvalue weighted by Crippen LogP contribution is -2.08. The largest absolute Gasteiger partial charge is 0.496 e. The van der Waals surface area contributed by atoms with E-state index in [4.69, 9.17) is 4.74 Å². The first kappa shape index (κ1) is 12.4. The molecular weight excluding hydrogens is 229 g/mol. The van der Waals surface area contributed by atoms with E-state index < -0.39 is 0 Å². The zero-order valence-electron chi connectivity index (χ0n) is 10.5. The number of hydrogen-bond donors (Lipinski definition) is 1. The van der Waals surface area contributed by atoms with Crippen molar-refractivity contribution in [2.75, 3.05) is 12.4 Å². The summed E-state index contributed by atoms with van der Waals surface area (Å²) in [7, 11) is 1.65. The van der Waals surface area contributed by atoms with Crippen molar-refractivity contribution in [1.29, 1.82) is 0 Å². The Bertz CT molecular complexity index is 527. The molecule has 18 heavy (non-hydrogen) atoms. The number of anilines is 1. The van der Waals surface area contributed by atoms with Crippen LogP contribution in [0.15, 0.2) is 48.5 Å². The Hall–Kier alpha value is -2.03. The summed E-state index contributed by atoms with van der Waals surface area (Å²) in [6, 6.07) is 14.3. The molecule has 0 fully saturated rings. The second-order valence-electron chi connectivity index (χ2n) is 4.12. The van der Waals surface area contributed by atoms with Crippen molar-refractivity contribution in [1.82, 2.24) is 0 Å². The summed E-state index contributed by atoms with van der Waals surface area (Å²) in [6.45, 7) is 2.02. The van der Waals surface area contributed by atoms with Crippen molar-refractivity contribution in [3.63, 3.8) is 0 Å². The average Bonchev–Trinajstić information content (AvgIpc) is 2.38. The Morgan fingerprint density at radius 1 is 1.11 bits per heavy atom. The van der Waals surface area contributed by atoms with Gasteiger partial charge in [0.1, 0.15) is 11.6 Å². The maximum atomic E-state index is 13.1. The maximum absolute atomic E-state index is 13.1. The van der Waals surface area contributed by atoms with Gasteiger partial charge in [-0.15, -0.1) is 0 Å². The van der Waals surface area contributed by atoms with E-state index in [0.717, 1.165) is 17.0 Å². The second kappa shape index (κ2) is 5.54.